The molecule has 3 aromatic carbocycles. The fourth-order valence-corrected chi connectivity index (χ4v) is 5.89. The van der Waals surface area contributed by atoms with E-state index in [1.807, 2.05) is 71.2 Å². The maximum absolute atomic E-state index is 13.9. The van der Waals surface area contributed by atoms with Gasteiger partial charge < -0.3 is 9.47 Å². The topological polar surface area (TPSA) is 55.8 Å². The lowest BCUT2D eigenvalue weighted by Crippen LogP contribution is -2.43. The van der Waals surface area contributed by atoms with Gasteiger partial charge in [-0.15, -0.1) is 11.8 Å². The molecular formula is C35H43NO4S. The fraction of sp³-hybridized carbons (Fsp3) is 0.429. The van der Waals surface area contributed by atoms with Gasteiger partial charge in [-0.2, -0.15) is 0 Å². The molecule has 5 nitrogen and oxygen atoms in total. The van der Waals surface area contributed by atoms with Gasteiger partial charge in [-0.05, 0) is 89.1 Å². The summed E-state index contributed by atoms with van der Waals surface area (Å²) in [7, 11) is 0. The Bertz CT molecular complexity index is 1350. The second kappa shape index (κ2) is 12.4. The highest BCUT2D eigenvalue weighted by Gasteiger charge is 2.40. The van der Waals surface area contributed by atoms with Crippen LogP contribution in [-0.2, 0) is 16.1 Å². The number of likely N-dealkylation sites (tertiary alicyclic amines) is 1. The summed E-state index contributed by atoms with van der Waals surface area (Å²) in [5.41, 5.74) is 3.25. The molecule has 6 heteroatoms. The minimum atomic E-state index is -1.15. The van der Waals surface area contributed by atoms with Gasteiger partial charge in [0.25, 0.3) is 0 Å². The molecule has 1 fully saturated rings. The molecular weight excluding hydrogens is 530 g/mol. The van der Waals surface area contributed by atoms with Crippen molar-refractivity contribution in [2.24, 2.45) is 5.92 Å². The van der Waals surface area contributed by atoms with Crippen molar-refractivity contribution < 1.29 is 19.1 Å². The van der Waals surface area contributed by atoms with Crippen molar-refractivity contribution in [2.75, 3.05) is 19.3 Å². The van der Waals surface area contributed by atoms with Gasteiger partial charge in [0.05, 0.1) is 0 Å². The van der Waals surface area contributed by atoms with Crippen LogP contribution in [0, 0.1) is 19.8 Å². The first-order valence-corrected chi connectivity index (χ1v) is 15.5. The van der Waals surface area contributed by atoms with Crippen molar-refractivity contribution in [3.05, 3.63) is 94.5 Å². The zero-order chi connectivity index (χ0) is 29.9. The number of hydrogen-bond donors (Lipinski definition) is 0. The van der Waals surface area contributed by atoms with Crippen molar-refractivity contribution in [3.63, 3.8) is 0 Å². The van der Waals surface area contributed by atoms with Gasteiger partial charge >= 0.3 is 5.97 Å². The van der Waals surface area contributed by atoms with Crippen LogP contribution in [0.3, 0.4) is 0 Å². The van der Waals surface area contributed by atoms with Crippen molar-refractivity contribution in [3.8, 4) is 5.75 Å². The number of esters is 1. The first-order valence-electron chi connectivity index (χ1n) is 14.3. The first kappa shape index (κ1) is 30.9. The number of aryl methyl sites for hydroxylation is 2. The van der Waals surface area contributed by atoms with Crippen LogP contribution < -0.4 is 4.74 Å². The Morgan fingerprint density at radius 3 is 2.07 bits per heavy atom. The summed E-state index contributed by atoms with van der Waals surface area (Å²) in [4.78, 5) is 30.3. The Morgan fingerprint density at radius 1 is 0.902 bits per heavy atom. The summed E-state index contributed by atoms with van der Waals surface area (Å²) in [5.74, 6) is 0.330. The molecule has 41 heavy (non-hydrogen) atoms. The van der Waals surface area contributed by atoms with Crippen LogP contribution in [-0.4, -0.2) is 47.2 Å². The van der Waals surface area contributed by atoms with Crippen LogP contribution in [0.5, 0.6) is 5.75 Å². The summed E-state index contributed by atoms with van der Waals surface area (Å²) in [6.07, 6.45) is 2.04. The van der Waals surface area contributed by atoms with E-state index >= 15 is 0 Å². The predicted molar refractivity (Wildman–Crippen MR) is 167 cm³/mol. The van der Waals surface area contributed by atoms with Crippen LogP contribution in [0.15, 0.2) is 71.6 Å². The predicted octanol–water partition coefficient (Wildman–Crippen LogP) is 7.62. The van der Waals surface area contributed by atoms with E-state index in [-0.39, 0.29) is 17.6 Å². The highest BCUT2D eigenvalue weighted by molar-refractivity contribution is 7.98. The quantitative estimate of drug-likeness (QED) is 0.149. The molecule has 218 valence electrons. The maximum Gasteiger partial charge on any atom is 0.350 e. The lowest BCUT2D eigenvalue weighted by Gasteiger charge is -2.30. The normalized spacial score (nSPS) is 17.9. The molecule has 1 saturated heterocycles. The highest BCUT2D eigenvalue weighted by Crippen LogP contribution is 2.39. The van der Waals surface area contributed by atoms with Gasteiger partial charge in [-0.3, -0.25) is 9.69 Å². The molecule has 2 atom stereocenters. The summed E-state index contributed by atoms with van der Waals surface area (Å²) in [6, 6.07) is 22.6. The van der Waals surface area contributed by atoms with Gasteiger partial charge in [0.2, 0.25) is 0 Å². The van der Waals surface area contributed by atoms with Crippen LogP contribution >= 0.6 is 11.8 Å². The Labute approximate surface area is 249 Å². The number of ether oxygens (including phenoxy) is 2. The SMILES string of the molecule is CSc1ccc(C(=O)[C@H]2CN(Cc3ccccc3)C[C@@H]2c2cc(C)c(OC(C)(C)C(=O)OC(C)(C)C)c(C)c2)cc1. The number of Topliss-reactive ketones (excluding diaryl/α,β-unsaturated/α-hetero) is 1. The number of carbonyl (C=O) groups is 2. The standard InChI is InChI=1S/C35H43NO4S/c1-23-18-27(19-24(2)32(23)39-35(6,7)33(38)40-34(3,4)5)29-21-36(20-25-12-10-9-11-13-25)22-30(29)31(37)26-14-16-28(41-8)17-15-26/h9-19,29-30H,20-22H2,1-8H3/t29-,30+/m1/s1. The lowest BCUT2D eigenvalue weighted by atomic mass is 9.82. The van der Waals surface area contributed by atoms with E-state index in [2.05, 4.69) is 41.3 Å². The van der Waals surface area contributed by atoms with Crippen molar-refractivity contribution in [1.82, 2.24) is 4.90 Å². The van der Waals surface area contributed by atoms with Gasteiger partial charge in [0.1, 0.15) is 11.4 Å². The third-order valence-corrected chi connectivity index (χ3v) is 8.26. The molecule has 0 N–H and O–H groups in total. The number of benzene rings is 3. The van der Waals surface area contributed by atoms with E-state index in [0.29, 0.717) is 12.3 Å². The van der Waals surface area contributed by atoms with E-state index in [4.69, 9.17) is 9.47 Å². The summed E-state index contributed by atoms with van der Waals surface area (Å²) in [5, 5.41) is 0. The molecule has 1 heterocycles. The lowest BCUT2D eigenvalue weighted by molar-refractivity contribution is -0.171. The third-order valence-electron chi connectivity index (χ3n) is 7.51. The van der Waals surface area contributed by atoms with Crippen molar-refractivity contribution in [2.45, 2.75) is 77.0 Å². The molecule has 4 rings (SSSR count). The van der Waals surface area contributed by atoms with Gasteiger partial charge in [-0.1, -0.05) is 54.6 Å². The zero-order valence-corrected chi connectivity index (χ0v) is 26.4. The summed E-state index contributed by atoms with van der Waals surface area (Å²) in [6.45, 7) is 15.3. The average Bonchev–Trinajstić information content (AvgIpc) is 3.33. The molecule has 0 aromatic heterocycles. The Morgan fingerprint density at radius 2 is 1.51 bits per heavy atom. The minimum Gasteiger partial charge on any atom is -0.476 e. The second-order valence-electron chi connectivity index (χ2n) is 12.6. The number of ketones is 1. The molecule has 0 spiro atoms. The molecule has 0 saturated carbocycles. The Hall–Kier alpha value is -3.09. The molecule has 3 aromatic rings. The molecule has 1 aliphatic rings. The van der Waals surface area contributed by atoms with Crippen LogP contribution in [0.25, 0.3) is 0 Å². The number of nitrogens with zero attached hydrogens (tertiary/aromatic N) is 1. The minimum absolute atomic E-state index is 0.0387. The maximum atomic E-state index is 13.9. The molecule has 0 amide bonds. The Kier molecular flexibility index (Phi) is 9.35. The average molecular weight is 574 g/mol. The molecule has 1 aliphatic heterocycles. The highest BCUT2D eigenvalue weighted by atomic mass is 32.2. The monoisotopic (exact) mass is 573 g/mol. The smallest absolute Gasteiger partial charge is 0.350 e. The van der Waals surface area contributed by atoms with Gasteiger partial charge in [-0.25, -0.2) is 4.79 Å². The largest absolute Gasteiger partial charge is 0.476 e. The fourth-order valence-electron chi connectivity index (χ4n) is 5.49. The molecule has 0 unspecified atom stereocenters. The number of thioether (sulfide) groups is 1. The van der Waals surface area contributed by atoms with Crippen molar-refractivity contribution in [1.29, 1.82) is 0 Å². The van der Waals surface area contributed by atoms with Crippen LogP contribution in [0.1, 0.15) is 73.1 Å². The van der Waals surface area contributed by atoms with Crippen molar-refractivity contribution >= 4 is 23.5 Å². The third kappa shape index (κ3) is 7.60. The van der Waals surface area contributed by atoms with E-state index in [9.17, 15) is 9.59 Å². The number of hydrogen-bond acceptors (Lipinski definition) is 6. The molecule has 0 radical (unpaired) electrons. The van der Waals surface area contributed by atoms with Gasteiger partial charge in [0, 0.05) is 41.9 Å². The van der Waals surface area contributed by atoms with Crippen LogP contribution in [0.4, 0.5) is 0 Å². The van der Waals surface area contributed by atoms with Crippen LogP contribution in [0.2, 0.25) is 0 Å². The Balaban J connectivity index is 1.63. The molecule has 0 bridgehead atoms. The second-order valence-corrected chi connectivity index (χ2v) is 13.5. The summed E-state index contributed by atoms with van der Waals surface area (Å²) < 4.78 is 11.9. The number of carbonyl (C=O) groups excluding carboxylic acids is 2. The zero-order valence-electron chi connectivity index (χ0n) is 25.6. The van der Waals surface area contributed by atoms with E-state index in [0.717, 1.165) is 40.2 Å². The van der Waals surface area contributed by atoms with E-state index in [1.54, 1.807) is 25.6 Å². The van der Waals surface area contributed by atoms with E-state index < -0.39 is 17.2 Å². The van der Waals surface area contributed by atoms with Gasteiger partial charge in [0.15, 0.2) is 11.4 Å². The first-order chi connectivity index (χ1) is 19.3. The van der Waals surface area contributed by atoms with E-state index in [1.165, 1.54) is 5.56 Å². The number of rotatable bonds is 9. The summed E-state index contributed by atoms with van der Waals surface area (Å²) >= 11 is 1.67. The molecule has 0 aliphatic carbocycles.